The van der Waals surface area contributed by atoms with Crippen LogP contribution in [0.3, 0.4) is 0 Å². The second-order valence-electron chi connectivity index (χ2n) is 11.3. The lowest BCUT2D eigenvalue weighted by atomic mass is 9.95. The van der Waals surface area contributed by atoms with Gasteiger partial charge < -0.3 is 25.8 Å². The maximum atomic E-state index is 13.9. The molecule has 8 nitrogen and oxygen atoms in total. The molecule has 9 heteroatoms. The lowest BCUT2D eigenvalue weighted by Gasteiger charge is -2.38. The Labute approximate surface area is 252 Å². The molecule has 2 atom stereocenters. The van der Waals surface area contributed by atoms with Crippen molar-refractivity contribution in [2.75, 3.05) is 36.4 Å². The van der Waals surface area contributed by atoms with Crippen molar-refractivity contribution < 1.29 is 14.4 Å². The molecule has 220 valence electrons. The summed E-state index contributed by atoms with van der Waals surface area (Å²) in [6.07, 6.45) is 0.949. The van der Waals surface area contributed by atoms with Crippen LogP contribution in [0.25, 0.3) is 0 Å². The van der Waals surface area contributed by atoms with E-state index in [-0.39, 0.29) is 23.6 Å². The van der Waals surface area contributed by atoms with Crippen LogP contribution in [-0.2, 0) is 33.8 Å². The molecule has 2 aliphatic heterocycles. The van der Waals surface area contributed by atoms with E-state index in [0.717, 1.165) is 22.5 Å². The van der Waals surface area contributed by atoms with Crippen LogP contribution in [0, 0.1) is 5.92 Å². The summed E-state index contributed by atoms with van der Waals surface area (Å²) < 4.78 is 0. The number of nitrogens with zero attached hydrogens (tertiary/aromatic N) is 2. The van der Waals surface area contributed by atoms with Crippen molar-refractivity contribution in [1.82, 2.24) is 15.5 Å². The number of piperazine rings is 1. The fourth-order valence-electron chi connectivity index (χ4n) is 5.49. The molecular weight excluding hydrogens is 550 g/mol. The predicted molar refractivity (Wildman–Crippen MR) is 167 cm³/mol. The Morgan fingerprint density at radius 3 is 2.29 bits per heavy atom. The van der Waals surface area contributed by atoms with E-state index in [2.05, 4.69) is 33.0 Å². The topological polar surface area (TPSA) is 93.8 Å². The zero-order valence-corrected chi connectivity index (χ0v) is 24.9. The summed E-state index contributed by atoms with van der Waals surface area (Å²) in [4.78, 5) is 43.7. The number of carbonyl (C=O) groups excluding carboxylic acids is 3. The average Bonchev–Trinajstić information content (AvgIpc) is 3.01. The summed E-state index contributed by atoms with van der Waals surface area (Å²) in [5, 5.41) is 10.1. The standard InChI is InChI=1S/C33H38ClN5O3/c1-22(2)31(40)36-27-9-5-6-10-30(27)38-15-17-39(18-16-38)33(42)29(19-23-11-13-26(34)14-12-23)37-32(41)28-20-24-7-3-4-8-25(24)21-35-28/h3-14,22,28-29,35H,15-21H2,1-2H3,(H,36,40)(H,37,41)/t28-,29+/m0/s1. The Hall–Kier alpha value is -3.88. The van der Waals surface area contributed by atoms with Gasteiger partial charge in [-0.2, -0.15) is 0 Å². The molecule has 0 radical (unpaired) electrons. The number of carbonyl (C=O) groups is 3. The number of hydrogen-bond donors (Lipinski definition) is 3. The summed E-state index contributed by atoms with van der Waals surface area (Å²) in [5.41, 5.74) is 4.98. The Kier molecular flexibility index (Phi) is 9.45. The molecule has 3 N–H and O–H groups in total. The van der Waals surface area contributed by atoms with Crippen LogP contribution in [0.15, 0.2) is 72.8 Å². The molecule has 0 unspecified atom stereocenters. The van der Waals surface area contributed by atoms with Gasteiger partial charge in [-0.1, -0.05) is 74.0 Å². The second-order valence-corrected chi connectivity index (χ2v) is 11.7. The Morgan fingerprint density at radius 2 is 1.57 bits per heavy atom. The van der Waals surface area contributed by atoms with E-state index in [0.29, 0.717) is 50.6 Å². The van der Waals surface area contributed by atoms with E-state index in [4.69, 9.17) is 11.6 Å². The number of hydrogen-bond acceptors (Lipinski definition) is 5. The van der Waals surface area contributed by atoms with E-state index in [1.54, 1.807) is 12.1 Å². The average molecular weight is 588 g/mol. The normalized spacial score (nSPS) is 17.4. The number of halogens is 1. The molecule has 5 rings (SSSR count). The quantitative estimate of drug-likeness (QED) is 0.370. The highest BCUT2D eigenvalue weighted by Gasteiger charge is 2.32. The minimum Gasteiger partial charge on any atom is -0.366 e. The third kappa shape index (κ3) is 7.12. The van der Waals surface area contributed by atoms with Crippen LogP contribution in [0.4, 0.5) is 11.4 Å². The molecule has 3 amide bonds. The Bertz CT molecular complexity index is 1420. The van der Waals surface area contributed by atoms with E-state index in [9.17, 15) is 14.4 Å². The monoisotopic (exact) mass is 587 g/mol. The highest BCUT2D eigenvalue weighted by molar-refractivity contribution is 6.30. The maximum Gasteiger partial charge on any atom is 0.245 e. The van der Waals surface area contributed by atoms with E-state index in [1.807, 2.05) is 67.3 Å². The second kappa shape index (κ2) is 13.4. The van der Waals surface area contributed by atoms with Crippen LogP contribution in [0.1, 0.15) is 30.5 Å². The Balaban J connectivity index is 1.27. The molecule has 0 aromatic heterocycles. The van der Waals surface area contributed by atoms with Gasteiger partial charge in [0.1, 0.15) is 6.04 Å². The van der Waals surface area contributed by atoms with Crippen LogP contribution >= 0.6 is 11.6 Å². The molecule has 3 aromatic carbocycles. The zero-order chi connectivity index (χ0) is 29.6. The molecular formula is C33H38ClN5O3. The van der Waals surface area contributed by atoms with Crippen molar-refractivity contribution in [2.45, 2.75) is 45.3 Å². The molecule has 0 aliphatic carbocycles. The number of amides is 3. The largest absolute Gasteiger partial charge is 0.366 e. The molecule has 1 saturated heterocycles. The number of para-hydroxylation sites is 2. The summed E-state index contributed by atoms with van der Waals surface area (Å²) in [6, 6.07) is 22.1. The molecule has 3 aromatic rings. The third-order valence-corrected chi connectivity index (χ3v) is 8.24. The van der Waals surface area contributed by atoms with Crippen molar-refractivity contribution in [3.63, 3.8) is 0 Å². The van der Waals surface area contributed by atoms with Gasteiger partial charge >= 0.3 is 0 Å². The molecule has 0 saturated carbocycles. The number of anilines is 2. The molecule has 2 aliphatic rings. The first-order valence-electron chi connectivity index (χ1n) is 14.6. The van der Waals surface area contributed by atoms with Gasteiger partial charge in [-0.3, -0.25) is 14.4 Å². The Morgan fingerprint density at radius 1 is 0.905 bits per heavy atom. The van der Waals surface area contributed by atoms with Gasteiger partial charge in [0.25, 0.3) is 0 Å². The molecule has 0 spiro atoms. The van der Waals surface area contributed by atoms with Crippen LogP contribution < -0.4 is 20.9 Å². The zero-order valence-electron chi connectivity index (χ0n) is 24.1. The van der Waals surface area contributed by atoms with Crippen LogP contribution in [0.5, 0.6) is 0 Å². The minimum atomic E-state index is -0.707. The SMILES string of the molecule is CC(C)C(=O)Nc1ccccc1N1CCN(C(=O)[C@@H](Cc2ccc(Cl)cc2)NC(=O)[C@@H]2Cc3ccccc3CN2)CC1. The van der Waals surface area contributed by atoms with Crippen molar-refractivity contribution in [2.24, 2.45) is 5.92 Å². The summed E-state index contributed by atoms with van der Waals surface area (Å²) >= 11 is 6.10. The van der Waals surface area contributed by atoms with Crippen molar-refractivity contribution in [3.05, 3.63) is 94.5 Å². The first-order valence-corrected chi connectivity index (χ1v) is 14.9. The number of nitrogens with one attached hydrogen (secondary N) is 3. The lowest BCUT2D eigenvalue weighted by molar-refractivity contribution is -0.137. The number of benzene rings is 3. The fourth-order valence-corrected chi connectivity index (χ4v) is 5.61. The molecule has 1 fully saturated rings. The van der Waals surface area contributed by atoms with Gasteiger partial charge in [-0.25, -0.2) is 0 Å². The number of rotatable bonds is 8. The number of fused-ring (bicyclic) bond motifs is 1. The van der Waals surface area contributed by atoms with Gasteiger partial charge in [0.15, 0.2) is 0 Å². The summed E-state index contributed by atoms with van der Waals surface area (Å²) in [5.74, 6) is -0.437. The van der Waals surface area contributed by atoms with Crippen LogP contribution in [-0.4, -0.2) is 60.9 Å². The highest BCUT2D eigenvalue weighted by Crippen LogP contribution is 2.27. The summed E-state index contributed by atoms with van der Waals surface area (Å²) in [7, 11) is 0. The first-order chi connectivity index (χ1) is 20.3. The van der Waals surface area contributed by atoms with E-state index >= 15 is 0 Å². The summed E-state index contributed by atoms with van der Waals surface area (Å²) in [6.45, 7) is 6.59. The van der Waals surface area contributed by atoms with Crippen LogP contribution in [0.2, 0.25) is 5.02 Å². The molecule has 0 bridgehead atoms. The smallest absolute Gasteiger partial charge is 0.245 e. The van der Waals surface area contributed by atoms with E-state index < -0.39 is 12.1 Å². The third-order valence-electron chi connectivity index (χ3n) is 7.98. The minimum absolute atomic E-state index is 0.0343. The van der Waals surface area contributed by atoms with Crippen molar-refractivity contribution in [3.8, 4) is 0 Å². The maximum absolute atomic E-state index is 13.9. The van der Waals surface area contributed by atoms with Gasteiger partial charge in [-0.15, -0.1) is 0 Å². The van der Waals surface area contributed by atoms with Gasteiger partial charge in [-0.05, 0) is 47.4 Å². The molecule has 2 heterocycles. The predicted octanol–water partition coefficient (Wildman–Crippen LogP) is 4.03. The van der Waals surface area contributed by atoms with Crippen molar-refractivity contribution in [1.29, 1.82) is 0 Å². The highest BCUT2D eigenvalue weighted by atomic mass is 35.5. The first kappa shape index (κ1) is 29.6. The van der Waals surface area contributed by atoms with Gasteiger partial charge in [0.05, 0.1) is 17.4 Å². The molecule has 42 heavy (non-hydrogen) atoms. The van der Waals surface area contributed by atoms with Crippen molar-refractivity contribution >= 4 is 40.7 Å². The van der Waals surface area contributed by atoms with Gasteiger partial charge in [0.2, 0.25) is 17.7 Å². The van der Waals surface area contributed by atoms with Gasteiger partial charge in [0, 0.05) is 50.1 Å². The fraction of sp³-hybridized carbons (Fsp3) is 0.364. The van der Waals surface area contributed by atoms with E-state index in [1.165, 1.54) is 5.56 Å². The lowest BCUT2D eigenvalue weighted by Crippen LogP contribution is -2.58.